The molecule has 1 aromatic carbocycles. The van der Waals surface area contributed by atoms with Gasteiger partial charge in [0.25, 0.3) is 0 Å². The average molecular weight is 467 g/mol. The highest BCUT2D eigenvalue weighted by atomic mass is 19.1. The minimum Gasteiger partial charge on any atom is -0.493 e. The van der Waals surface area contributed by atoms with Crippen molar-refractivity contribution >= 4 is 11.9 Å². The van der Waals surface area contributed by atoms with E-state index in [0.29, 0.717) is 36.3 Å². The molecule has 6 nitrogen and oxygen atoms in total. The van der Waals surface area contributed by atoms with E-state index in [1.165, 1.54) is 38.2 Å². The number of hydrogen-bond acceptors (Lipinski definition) is 5. The van der Waals surface area contributed by atoms with Crippen molar-refractivity contribution in [1.82, 2.24) is 15.3 Å². The number of piperidine rings is 1. The van der Waals surface area contributed by atoms with Gasteiger partial charge >= 0.3 is 0 Å². The van der Waals surface area contributed by atoms with Crippen LogP contribution in [0, 0.1) is 36.4 Å². The lowest BCUT2D eigenvalue weighted by Gasteiger charge is -2.32. The van der Waals surface area contributed by atoms with Crippen LogP contribution >= 0.6 is 0 Å². The Morgan fingerprint density at radius 2 is 1.94 bits per heavy atom. The Bertz CT molecular complexity index is 987. The summed E-state index contributed by atoms with van der Waals surface area (Å²) in [7, 11) is 0. The predicted molar refractivity (Wildman–Crippen MR) is 129 cm³/mol. The monoisotopic (exact) mass is 466 g/mol. The molecule has 0 unspecified atom stereocenters. The van der Waals surface area contributed by atoms with Crippen molar-refractivity contribution < 1.29 is 13.9 Å². The van der Waals surface area contributed by atoms with Crippen LogP contribution in [0.1, 0.15) is 49.7 Å². The lowest BCUT2D eigenvalue weighted by Crippen LogP contribution is -2.35. The highest BCUT2D eigenvalue weighted by molar-refractivity contribution is 5.78. The normalized spacial score (nSPS) is 22.5. The molecule has 1 N–H and O–H groups in total. The number of aryl methyl sites for hydroxylation is 1. The first-order valence-electron chi connectivity index (χ1n) is 12.8. The van der Waals surface area contributed by atoms with Gasteiger partial charge in [0, 0.05) is 38.1 Å². The smallest absolute Gasteiger partial charge is 0.225 e. The van der Waals surface area contributed by atoms with Crippen LogP contribution in [-0.2, 0) is 11.2 Å². The summed E-state index contributed by atoms with van der Waals surface area (Å²) >= 11 is 0. The summed E-state index contributed by atoms with van der Waals surface area (Å²) in [6.45, 7) is 5.38. The number of benzene rings is 1. The van der Waals surface area contributed by atoms with E-state index in [-0.39, 0.29) is 18.1 Å². The molecule has 2 aromatic rings. The third-order valence-electron chi connectivity index (χ3n) is 7.59. The van der Waals surface area contributed by atoms with Gasteiger partial charge < -0.3 is 15.0 Å². The average Bonchev–Trinajstić information content (AvgIpc) is 3.76. The number of anilines is 1. The summed E-state index contributed by atoms with van der Waals surface area (Å²) in [5.41, 5.74) is 1.51. The number of amides is 1. The maximum Gasteiger partial charge on any atom is 0.225 e. The third-order valence-corrected chi connectivity index (χ3v) is 7.59. The van der Waals surface area contributed by atoms with Gasteiger partial charge in [-0.2, -0.15) is 0 Å². The molecule has 3 fully saturated rings. The molecule has 1 saturated heterocycles. The lowest BCUT2D eigenvalue weighted by molar-refractivity contribution is -0.120. The molecule has 0 spiro atoms. The van der Waals surface area contributed by atoms with Crippen LogP contribution in [0.4, 0.5) is 10.3 Å². The highest BCUT2D eigenvalue weighted by Gasteiger charge is 2.43. The fourth-order valence-electron chi connectivity index (χ4n) is 5.16. The number of carbonyl (C=O) groups excluding carboxylic acids is 1. The fourth-order valence-corrected chi connectivity index (χ4v) is 5.16. The number of halogens is 1. The van der Waals surface area contributed by atoms with E-state index < -0.39 is 0 Å². The summed E-state index contributed by atoms with van der Waals surface area (Å²) in [4.78, 5) is 23.2. The van der Waals surface area contributed by atoms with Crippen molar-refractivity contribution in [3.63, 3.8) is 0 Å². The molecule has 0 radical (unpaired) electrons. The zero-order valence-corrected chi connectivity index (χ0v) is 20.0. The topological polar surface area (TPSA) is 67.4 Å². The van der Waals surface area contributed by atoms with E-state index in [0.717, 1.165) is 42.9 Å². The molecule has 5 rings (SSSR count). The van der Waals surface area contributed by atoms with E-state index in [4.69, 9.17) is 4.74 Å². The maximum atomic E-state index is 14.4. The Morgan fingerprint density at radius 1 is 1.18 bits per heavy atom. The van der Waals surface area contributed by atoms with Crippen LogP contribution in [0.15, 0.2) is 30.6 Å². The molecule has 7 heteroatoms. The molecule has 1 aromatic heterocycles. The van der Waals surface area contributed by atoms with Crippen molar-refractivity contribution in [2.24, 2.45) is 23.7 Å². The zero-order valence-electron chi connectivity index (χ0n) is 20.0. The van der Waals surface area contributed by atoms with Crippen LogP contribution in [-0.4, -0.2) is 42.1 Å². The van der Waals surface area contributed by atoms with Gasteiger partial charge in [-0.15, -0.1) is 0 Å². The molecule has 2 saturated carbocycles. The first-order valence-corrected chi connectivity index (χ1v) is 12.8. The number of nitrogens with zero attached hydrogens (tertiary/aromatic N) is 3. The third kappa shape index (κ3) is 6.05. The van der Waals surface area contributed by atoms with E-state index >= 15 is 0 Å². The molecule has 182 valence electrons. The molecule has 0 bridgehead atoms. The minimum absolute atomic E-state index is 0.0808. The highest BCUT2D eigenvalue weighted by Crippen LogP contribution is 2.49. The van der Waals surface area contributed by atoms with Crippen molar-refractivity contribution in [2.45, 2.75) is 51.9 Å². The van der Waals surface area contributed by atoms with Crippen LogP contribution in [0.25, 0.3) is 0 Å². The maximum absolute atomic E-state index is 14.4. The molecule has 2 aliphatic carbocycles. The second kappa shape index (κ2) is 10.3. The van der Waals surface area contributed by atoms with Gasteiger partial charge in [0.05, 0.1) is 13.0 Å². The van der Waals surface area contributed by atoms with Gasteiger partial charge in [0.15, 0.2) is 0 Å². The predicted octanol–water partition coefficient (Wildman–Crippen LogP) is 4.31. The second-order valence-electron chi connectivity index (χ2n) is 10.4. The fraction of sp³-hybridized carbons (Fsp3) is 0.593. The van der Waals surface area contributed by atoms with E-state index in [9.17, 15) is 9.18 Å². The van der Waals surface area contributed by atoms with Crippen LogP contribution in [0.5, 0.6) is 5.75 Å². The van der Waals surface area contributed by atoms with Gasteiger partial charge in [-0.25, -0.2) is 14.4 Å². The van der Waals surface area contributed by atoms with Crippen molar-refractivity contribution in [3.05, 3.63) is 47.5 Å². The van der Waals surface area contributed by atoms with E-state index in [2.05, 4.69) is 20.2 Å². The SMILES string of the molecule is Cc1cnc(N2CCC([C@H]3C[C@H]3CCOc3ccc(CC(=O)NCC4CC4)c(F)c3)CC2)nc1. The summed E-state index contributed by atoms with van der Waals surface area (Å²) < 4.78 is 20.3. The Morgan fingerprint density at radius 3 is 2.65 bits per heavy atom. The molecule has 2 heterocycles. The first-order chi connectivity index (χ1) is 16.5. The Balaban J connectivity index is 1.00. The van der Waals surface area contributed by atoms with Gasteiger partial charge in [-0.3, -0.25) is 4.79 Å². The summed E-state index contributed by atoms with van der Waals surface area (Å²) in [6, 6.07) is 4.86. The van der Waals surface area contributed by atoms with Crippen LogP contribution in [0.2, 0.25) is 0 Å². The quantitative estimate of drug-likeness (QED) is 0.565. The van der Waals surface area contributed by atoms with Crippen molar-refractivity contribution in [2.75, 3.05) is 31.1 Å². The molecular weight excluding hydrogens is 431 g/mol. The number of nitrogens with one attached hydrogen (secondary N) is 1. The van der Waals surface area contributed by atoms with Crippen molar-refractivity contribution in [3.8, 4) is 5.75 Å². The second-order valence-corrected chi connectivity index (χ2v) is 10.4. The number of aromatic nitrogens is 2. The molecule has 34 heavy (non-hydrogen) atoms. The molecule has 1 aliphatic heterocycles. The summed E-state index contributed by atoms with van der Waals surface area (Å²) in [5, 5.41) is 2.89. The van der Waals surface area contributed by atoms with Crippen LogP contribution in [0.3, 0.4) is 0 Å². The van der Waals surface area contributed by atoms with Gasteiger partial charge in [0.2, 0.25) is 11.9 Å². The molecular formula is C27H35FN4O2. The summed E-state index contributed by atoms with van der Waals surface area (Å²) in [5.74, 6) is 3.81. The lowest BCUT2D eigenvalue weighted by atomic mass is 9.90. The van der Waals surface area contributed by atoms with Gasteiger partial charge in [-0.1, -0.05) is 6.07 Å². The molecule has 2 atom stereocenters. The Hall–Kier alpha value is -2.70. The molecule has 1 amide bonds. The van der Waals surface area contributed by atoms with Gasteiger partial charge in [0.1, 0.15) is 11.6 Å². The number of rotatable bonds is 10. The van der Waals surface area contributed by atoms with E-state index in [1.54, 1.807) is 12.1 Å². The van der Waals surface area contributed by atoms with Gasteiger partial charge in [-0.05, 0) is 86.3 Å². The Kier molecular flexibility index (Phi) is 6.97. The largest absolute Gasteiger partial charge is 0.493 e. The zero-order chi connectivity index (χ0) is 23.5. The van der Waals surface area contributed by atoms with Crippen molar-refractivity contribution in [1.29, 1.82) is 0 Å². The number of ether oxygens (including phenoxy) is 1. The Labute approximate surface area is 201 Å². The van der Waals surface area contributed by atoms with Crippen LogP contribution < -0.4 is 15.0 Å². The number of hydrogen-bond donors (Lipinski definition) is 1. The standard InChI is InChI=1S/C27H35FN4O2/c1-18-15-30-27(31-16-18)32-9-6-20(7-10-32)24-12-21(24)8-11-34-23-5-4-22(25(28)14-23)13-26(33)29-17-19-2-3-19/h4-5,14-16,19-21,24H,2-3,6-13,17H2,1H3,(H,29,33)/t21-,24-/m1/s1. The first kappa shape index (κ1) is 23.1. The van der Waals surface area contributed by atoms with E-state index in [1.807, 2.05) is 19.3 Å². The number of carbonyl (C=O) groups is 1. The minimum atomic E-state index is -0.368. The summed E-state index contributed by atoms with van der Waals surface area (Å²) in [6.07, 6.45) is 10.9. The molecule has 3 aliphatic rings.